The molecule has 7 nitrogen and oxygen atoms in total. The van der Waals surface area contributed by atoms with Gasteiger partial charge in [-0.15, -0.1) is 0 Å². The molecule has 0 fully saturated rings. The second kappa shape index (κ2) is 34.9. The zero-order valence-corrected chi connectivity index (χ0v) is 70.8. The lowest BCUT2D eigenvalue weighted by Crippen LogP contribution is -1.97. The van der Waals surface area contributed by atoms with Gasteiger partial charge in [0.05, 0.1) is 55.9 Å². The van der Waals surface area contributed by atoms with Gasteiger partial charge in [0.15, 0.2) is 5.82 Å². The molecule has 0 atom stereocenters. The topological polar surface area (TPSA) is 66.3 Å². The van der Waals surface area contributed by atoms with E-state index in [0.29, 0.717) is 5.82 Å². The van der Waals surface area contributed by atoms with Gasteiger partial charge in [-0.3, -0.25) is 0 Å². The summed E-state index contributed by atoms with van der Waals surface area (Å²) < 4.78 is 10.2. The molecule has 0 N–H and O–H groups in total. The molecule has 0 unspecified atom stereocenters. The van der Waals surface area contributed by atoms with E-state index >= 15 is 0 Å². The van der Waals surface area contributed by atoms with Gasteiger partial charge in [-0.25, -0.2) is 19.9 Å². The van der Waals surface area contributed by atoms with Crippen molar-refractivity contribution in [3.63, 3.8) is 0 Å². The van der Waals surface area contributed by atoms with Crippen LogP contribution < -0.4 is 0 Å². The van der Waals surface area contributed by atoms with Crippen molar-refractivity contribution in [2.45, 2.75) is 0 Å². The third-order valence-electron chi connectivity index (χ3n) is 21.8. The van der Waals surface area contributed by atoms with Crippen molar-refractivity contribution in [2.75, 3.05) is 0 Å². The second-order valence-electron chi connectivity index (χ2n) is 29.4. The van der Waals surface area contributed by atoms with Crippen LogP contribution in [0.15, 0.2) is 456 Å². The van der Waals surface area contributed by atoms with Gasteiger partial charge in [-0.2, -0.15) is 0 Å². The lowest BCUT2D eigenvalue weighted by Gasteiger charge is -2.13. The predicted octanol–water partition coefficient (Wildman–Crippen LogP) is 31.6. The Labute approximate surface area is 731 Å². The number of fused-ring (bicyclic) bond motifs is 9. The van der Waals surface area contributed by atoms with E-state index in [0.717, 1.165) is 103 Å². The maximum absolute atomic E-state index is 6.34. The summed E-state index contributed by atoms with van der Waals surface area (Å²) in [6.45, 7) is 0. The maximum Gasteiger partial charge on any atom is 0.223 e. The van der Waals surface area contributed by atoms with E-state index in [1.807, 2.05) is 97.1 Å². The maximum atomic E-state index is 6.34. The first-order chi connectivity index (χ1) is 59.6. The van der Waals surface area contributed by atoms with Gasteiger partial charge < -0.3 is 13.7 Å². The molecule has 0 saturated carbocycles. The predicted molar refractivity (Wildman–Crippen MR) is 517 cm³/mol. The first-order valence-electron chi connectivity index (χ1n) is 40.0. The summed E-state index contributed by atoms with van der Waals surface area (Å²) in [5.41, 5.74) is 28.6. The van der Waals surface area contributed by atoms with Crippen LogP contribution in [0.25, 0.3) is 183 Å². The number of halogens is 4. The van der Waals surface area contributed by atoms with E-state index in [9.17, 15) is 0 Å². The van der Waals surface area contributed by atoms with Crippen LogP contribution in [0.3, 0.4) is 0 Å². The second-order valence-corrected chi connectivity index (χ2v) is 32.5. The first kappa shape index (κ1) is 77.0. The van der Waals surface area contributed by atoms with E-state index in [4.69, 9.17) is 21.6 Å². The minimum absolute atomic E-state index is 0.239. The van der Waals surface area contributed by atoms with Gasteiger partial charge in [0.1, 0.15) is 0 Å². The highest BCUT2D eigenvalue weighted by atomic mass is 79.9. The van der Waals surface area contributed by atoms with Crippen molar-refractivity contribution < 1.29 is 0 Å². The standard InChI is InChI=1S/C34H23BrN2.C30H19BrN2.C28H19ClN2.C18H12BrN/c35-31-18-10-17-27(22-31)33-23-32(26-15-8-3-9-16-26)36-34(37-33)30-20-28(24-11-4-1-5-12-24)19-29(21-30)25-13-6-2-7-14-25;31-20-13-15-21(16-14-20)32-29-12-6-3-9-25(29)26-19-22(17-18-30(26)32)33-27-10-4-1-7-23(27)24-8-2-5-11-28(24)33;29-28-30-26(24-15-7-13-22(17-24)20-9-3-1-4-10-20)19-27(31-28)25-16-8-14-23(18-25)21-11-5-2-6-12-21;19-13-6-5-7-14(12-13)20-17-10-3-1-8-15(17)16-9-2-4-11-18(16)20/h1-23H;1-19H;1-19H;1-12H. The summed E-state index contributed by atoms with van der Waals surface area (Å²) in [6.07, 6.45) is 0. The molecule has 5 heterocycles. The average Bonchev–Trinajstić information content (AvgIpc) is 1.58. The summed E-state index contributed by atoms with van der Waals surface area (Å²) in [5.74, 6) is 0.700. The van der Waals surface area contributed by atoms with Crippen molar-refractivity contribution in [1.29, 1.82) is 0 Å². The molecular weight excluding hydrogens is 1690 g/mol. The fourth-order valence-corrected chi connectivity index (χ4v) is 17.4. The molecule has 0 amide bonds. The van der Waals surface area contributed by atoms with E-state index in [-0.39, 0.29) is 5.28 Å². The van der Waals surface area contributed by atoms with Crippen molar-refractivity contribution in [3.05, 3.63) is 462 Å². The smallest absolute Gasteiger partial charge is 0.223 e. The fourth-order valence-electron chi connectivity index (χ4n) is 16.2. The molecule has 5 aromatic heterocycles. The minimum atomic E-state index is 0.239. The van der Waals surface area contributed by atoms with Crippen LogP contribution in [-0.4, -0.2) is 33.6 Å². The van der Waals surface area contributed by atoms with Crippen LogP contribution >= 0.6 is 59.4 Å². The van der Waals surface area contributed by atoms with E-state index in [1.54, 1.807) is 0 Å². The highest BCUT2D eigenvalue weighted by molar-refractivity contribution is 9.11. The number of para-hydroxylation sites is 5. The number of hydrogen-bond acceptors (Lipinski definition) is 4. The zero-order chi connectivity index (χ0) is 81.5. The van der Waals surface area contributed by atoms with Gasteiger partial charge in [0.2, 0.25) is 5.28 Å². The van der Waals surface area contributed by atoms with Gasteiger partial charge in [0.25, 0.3) is 0 Å². The third-order valence-corrected chi connectivity index (χ3v) is 23.5. The summed E-state index contributed by atoms with van der Waals surface area (Å²) in [4.78, 5) is 19.1. The normalized spacial score (nSPS) is 11.1. The summed E-state index contributed by atoms with van der Waals surface area (Å²) in [6, 6.07) is 154. The number of nitrogens with zero attached hydrogens (tertiary/aromatic N) is 7. The van der Waals surface area contributed by atoms with E-state index in [2.05, 4.69) is 417 Å². The molecule has 0 radical (unpaired) electrons. The number of rotatable bonds is 12. The molecule has 121 heavy (non-hydrogen) atoms. The molecule has 0 bridgehead atoms. The molecule has 22 aromatic rings. The fraction of sp³-hybridized carbons (Fsp3) is 0. The van der Waals surface area contributed by atoms with E-state index < -0.39 is 0 Å². The van der Waals surface area contributed by atoms with Crippen molar-refractivity contribution in [3.8, 4) is 118 Å². The van der Waals surface area contributed by atoms with E-state index in [1.165, 1.54) is 87.9 Å². The van der Waals surface area contributed by atoms with Crippen LogP contribution in [0.2, 0.25) is 5.28 Å². The SMILES string of the molecule is Brc1ccc(-n2c3ccccc3c3cc(-n4c5ccccc5c5ccccc54)ccc32)cc1.Brc1cccc(-c2cc(-c3ccccc3)nc(-c3cc(-c4ccccc4)cc(-c4ccccc4)c3)n2)c1.Brc1cccc(-n2c3ccccc3c3ccccc32)c1.Clc1nc(-c2cccc(-c3ccccc3)c2)cc(-c2cccc(-c3ccccc3)c2)n1. The van der Waals surface area contributed by atoms with Gasteiger partial charge in [-0.1, -0.05) is 345 Å². The Balaban J connectivity index is 0.000000108. The van der Waals surface area contributed by atoms with Crippen molar-refractivity contribution in [1.82, 2.24) is 33.6 Å². The number of aromatic nitrogens is 7. The van der Waals surface area contributed by atoms with Gasteiger partial charge in [-0.05, 0) is 202 Å². The molecule has 0 saturated heterocycles. The Morgan fingerprint density at radius 1 is 0.174 bits per heavy atom. The molecule has 0 aliphatic rings. The van der Waals surface area contributed by atoms with Crippen molar-refractivity contribution in [2.24, 2.45) is 0 Å². The summed E-state index contributed by atoms with van der Waals surface area (Å²) in [5, 5.41) is 7.91. The molecule has 0 aliphatic heterocycles. The average molecular weight is 1770 g/mol. The largest absolute Gasteiger partial charge is 0.309 e. The quantitative estimate of drug-likeness (QED) is 0.114. The Morgan fingerprint density at radius 2 is 0.463 bits per heavy atom. The zero-order valence-electron chi connectivity index (χ0n) is 65.3. The molecule has 576 valence electrons. The number of benzene rings is 17. The molecule has 11 heteroatoms. The molecule has 17 aromatic carbocycles. The first-order valence-corrected chi connectivity index (χ1v) is 42.7. The van der Waals surface area contributed by atoms with Gasteiger partial charge in [0, 0.05) is 90.6 Å². The highest BCUT2D eigenvalue weighted by Crippen LogP contribution is 2.41. The molecule has 22 rings (SSSR count). The lowest BCUT2D eigenvalue weighted by molar-refractivity contribution is 1.16. The highest BCUT2D eigenvalue weighted by Gasteiger charge is 2.20. The van der Waals surface area contributed by atoms with Crippen LogP contribution in [0.1, 0.15) is 0 Å². The van der Waals surface area contributed by atoms with Crippen LogP contribution in [-0.2, 0) is 0 Å². The number of hydrogen-bond donors (Lipinski definition) is 0. The molecular formula is C110H73Br3ClN7. The Morgan fingerprint density at radius 3 is 0.893 bits per heavy atom. The third kappa shape index (κ3) is 16.5. The lowest BCUT2D eigenvalue weighted by atomic mass is 9.95. The van der Waals surface area contributed by atoms with Crippen molar-refractivity contribution >= 4 is 125 Å². The van der Waals surface area contributed by atoms with Crippen LogP contribution in [0.5, 0.6) is 0 Å². The molecule has 0 aliphatic carbocycles. The Kier molecular flexibility index (Phi) is 22.2. The Hall–Kier alpha value is -14.0. The Bertz CT molecular complexity index is 7240. The monoisotopic (exact) mass is 1760 g/mol. The van der Waals surface area contributed by atoms with Crippen LogP contribution in [0.4, 0.5) is 0 Å². The minimum Gasteiger partial charge on any atom is -0.309 e. The summed E-state index contributed by atoms with van der Waals surface area (Å²) >= 11 is 17.1. The van der Waals surface area contributed by atoms with Crippen LogP contribution in [0, 0.1) is 0 Å². The summed E-state index contributed by atoms with van der Waals surface area (Å²) in [7, 11) is 0. The molecule has 0 spiro atoms. The van der Waals surface area contributed by atoms with Gasteiger partial charge >= 0.3 is 0 Å².